The van der Waals surface area contributed by atoms with Crippen LogP contribution in [-0.4, -0.2) is 186 Å². The van der Waals surface area contributed by atoms with E-state index in [1.807, 2.05) is 199 Å². The van der Waals surface area contributed by atoms with Crippen molar-refractivity contribution in [3.63, 3.8) is 0 Å². The fraction of sp³-hybridized carbons (Fsp3) is 0.471. The number of methoxy groups -OCH3 is 4. The lowest BCUT2D eigenvalue weighted by Crippen LogP contribution is -2.46. The minimum absolute atomic E-state index is 0.00231. The molecule has 0 aliphatic carbocycles. The number of carbonyl (C=O) groups excluding carboxylic acids is 2. The Hall–Kier alpha value is -7.07. The summed E-state index contributed by atoms with van der Waals surface area (Å²) in [5.74, 6) is 3.71. The van der Waals surface area contributed by atoms with E-state index < -0.39 is 114 Å². The van der Waals surface area contributed by atoms with Crippen LogP contribution in [-0.2, 0) is 57.4 Å². The van der Waals surface area contributed by atoms with Crippen LogP contribution >= 0.6 is 85.9 Å². The van der Waals surface area contributed by atoms with Crippen LogP contribution in [0.15, 0.2) is 192 Å². The number of alkyl halides is 4. The maximum absolute atomic E-state index is 14.2. The summed E-state index contributed by atoms with van der Waals surface area (Å²) >= 11 is 21.5. The molecule has 10 atom stereocenters. The molecule has 2 aromatic heterocycles. The monoisotopic (exact) mass is 1850 g/mol. The van der Waals surface area contributed by atoms with Crippen molar-refractivity contribution in [1.82, 2.24) is 29.1 Å². The van der Waals surface area contributed by atoms with Crippen LogP contribution in [0.2, 0.25) is 0 Å². The molecule has 36 heteroatoms. The van der Waals surface area contributed by atoms with E-state index in [2.05, 4.69) is 25.9 Å². The maximum atomic E-state index is 14.2. The molecule has 12 rings (SSSR count). The molecule has 4 aliphatic heterocycles. The third-order valence-electron chi connectivity index (χ3n) is 21.9. The van der Waals surface area contributed by atoms with Gasteiger partial charge in [0.25, 0.3) is 3.25 Å². The fourth-order valence-corrected chi connectivity index (χ4v) is 18.4. The first-order chi connectivity index (χ1) is 58.4. The molecule has 4 saturated heterocycles. The highest BCUT2D eigenvalue weighted by atomic mass is 35.6. The number of aliphatic hydroxyl groups is 4. The quantitative estimate of drug-likeness (QED) is 0.00839. The number of thioether (sulfide) groups is 2. The number of aliphatic hydroxyl groups excluding tert-OH is 2. The van der Waals surface area contributed by atoms with E-state index in [1.54, 1.807) is 45.2 Å². The van der Waals surface area contributed by atoms with E-state index in [0.717, 1.165) is 78.9 Å². The Morgan fingerprint density at radius 3 is 1.20 bits per heavy atom. The lowest BCUT2D eigenvalue weighted by molar-refractivity contribution is -0.118. The number of ether oxygens (including phenoxy) is 6. The molecule has 123 heavy (non-hydrogen) atoms. The lowest BCUT2D eigenvalue weighted by atomic mass is 9.77. The van der Waals surface area contributed by atoms with Crippen molar-refractivity contribution in [2.24, 2.45) is 10.8 Å². The number of benzene rings is 6. The van der Waals surface area contributed by atoms with Crippen LogP contribution in [0.3, 0.4) is 0 Å². The minimum atomic E-state index is -3.88. The van der Waals surface area contributed by atoms with Gasteiger partial charge in [-0.05, 0) is 160 Å². The average molecular weight is 1860 g/mol. The summed E-state index contributed by atoms with van der Waals surface area (Å²) in [5.41, 5.74) is -3.50. The molecule has 0 amide bonds. The number of carbonyl (C=O) groups is 2. The van der Waals surface area contributed by atoms with Crippen LogP contribution in [0.4, 0.5) is 11.6 Å². The maximum Gasteiger partial charge on any atom is 0.697 e. The number of hydrogen-bond donors (Lipinski definition) is 7. The van der Waals surface area contributed by atoms with Gasteiger partial charge in [-0.2, -0.15) is 9.97 Å². The highest BCUT2D eigenvalue weighted by Crippen LogP contribution is 2.55. The first kappa shape index (κ1) is 99.7. The van der Waals surface area contributed by atoms with Crippen molar-refractivity contribution in [2.75, 3.05) is 103 Å². The number of aromatic nitrogens is 4. The van der Waals surface area contributed by atoms with Gasteiger partial charge in [0.05, 0.1) is 41.7 Å². The molecule has 0 radical (unpaired) electrons. The molecule has 4 fully saturated rings. The van der Waals surface area contributed by atoms with Gasteiger partial charge in [0.15, 0.2) is 22.7 Å². The van der Waals surface area contributed by atoms with E-state index in [1.165, 1.54) is 52.2 Å². The minimum Gasteiger partial charge on any atom is -0.497 e. The second-order valence-corrected chi connectivity index (χ2v) is 39.6. The Morgan fingerprint density at radius 2 is 0.878 bits per heavy atom. The Kier molecular flexibility index (Phi) is 36.5. The number of halogens is 4. The molecule has 4 unspecified atom stereocenters. The van der Waals surface area contributed by atoms with Crippen molar-refractivity contribution in [2.45, 2.75) is 156 Å². The molecule has 6 aromatic carbocycles. The van der Waals surface area contributed by atoms with Crippen LogP contribution in [0.1, 0.15) is 140 Å². The Morgan fingerprint density at radius 1 is 0.537 bits per heavy atom. The third kappa shape index (κ3) is 25.7. The molecule has 0 saturated carbocycles. The van der Waals surface area contributed by atoms with Gasteiger partial charge in [-0.15, -0.1) is 9.05 Å². The predicted octanol–water partition coefficient (Wildman–Crippen LogP) is 15.6. The van der Waals surface area contributed by atoms with Crippen LogP contribution in [0, 0.1) is 10.8 Å². The van der Waals surface area contributed by atoms with Gasteiger partial charge in [0.2, 0.25) is 0 Å². The van der Waals surface area contributed by atoms with Crippen LogP contribution < -0.4 is 46.3 Å². The second kappa shape index (κ2) is 45.1. The third-order valence-corrected chi connectivity index (χ3v) is 27.1. The predicted molar refractivity (Wildman–Crippen MR) is 481 cm³/mol. The summed E-state index contributed by atoms with van der Waals surface area (Å²) in [5, 5.41) is 55.6. The van der Waals surface area contributed by atoms with Gasteiger partial charge in [-0.1, -0.05) is 221 Å². The molecule has 7 N–H and O–H groups in total. The summed E-state index contributed by atoms with van der Waals surface area (Å²) in [6.45, 7) is 16.8. The molecule has 668 valence electrons. The van der Waals surface area contributed by atoms with E-state index in [0.29, 0.717) is 54.7 Å². The first-order valence-corrected chi connectivity index (χ1v) is 46.3. The largest absolute Gasteiger partial charge is 0.697 e. The SMILES string of the molecule is C1CCNC1.CCC(C)(C)C(=O)SCCOP(=O)(OC[C@H]1O[C@@H](n2ccc(NC(c3ccccc3)(c3ccc(OC)cc3)c3ccc(OC)cc3)nc2=O)C(C)(O)[C@H]1O)N1CCCC1.CCC(C)(C)C(=O)SCCO[P+](=O)OC[C@H]1O[C@@H](n2ccc(NC(c3ccccc3)(c3ccc(OC)cc3)c3ccc(OC)cc3)nc2=O)C(C)(O)[C@H]1O.ClC(Cl)(Cl)Cl. The van der Waals surface area contributed by atoms with Gasteiger partial charge in [0, 0.05) is 52.4 Å². The zero-order chi connectivity index (χ0) is 89.6. The second-order valence-electron chi connectivity index (χ2n) is 31.0. The number of nitrogens with zero attached hydrogens (tertiary/aromatic N) is 5. The smallest absolute Gasteiger partial charge is 0.497 e. The van der Waals surface area contributed by atoms with Crippen molar-refractivity contribution in [3.8, 4) is 23.0 Å². The van der Waals surface area contributed by atoms with Gasteiger partial charge in [-0.25, -0.2) is 18.8 Å². The van der Waals surface area contributed by atoms with Gasteiger partial charge >= 0.3 is 27.4 Å². The Bertz CT molecular complexity index is 4780. The average Bonchev–Trinajstić information content (AvgIpc) is 1.26. The van der Waals surface area contributed by atoms with Crippen LogP contribution in [0.25, 0.3) is 0 Å². The summed E-state index contributed by atoms with van der Waals surface area (Å²) in [6.07, 6.45) is 0.512. The summed E-state index contributed by atoms with van der Waals surface area (Å²) in [7, 11) is -0.102. The lowest BCUT2D eigenvalue weighted by Gasteiger charge is -2.37. The van der Waals surface area contributed by atoms with Crippen molar-refractivity contribution < 1.29 is 85.7 Å². The summed E-state index contributed by atoms with van der Waals surface area (Å²) in [6, 6.07) is 53.0. The van der Waals surface area contributed by atoms with Crippen LogP contribution in [0.5, 0.6) is 23.0 Å². The van der Waals surface area contributed by atoms with E-state index in [9.17, 15) is 48.7 Å². The van der Waals surface area contributed by atoms with E-state index in [-0.39, 0.29) is 40.8 Å². The topological polar surface area (TPSA) is 351 Å². The van der Waals surface area contributed by atoms with E-state index in [4.69, 9.17) is 92.9 Å². The standard InChI is InChI=1S/C43H55N4O10PS.C39H46N3O10PS.C4H9N.CCl4/c1-7-41(2,3)39(49)59-28-27-55-58(52,46-24-11-12-25-46)56-29-35-37(48)42(4,51)38(57-35)47-26-23-36(44-40(47)50)45-43(30-13-9-8-10-14-30,31-15-19-33(53-5)20-16-31)32-17-21-34(54-6)22-18-32;1-7-37(2,3)35(44)54-24-23-50-53(47)51-25-31-33(43)38(4,46)34(52-31)42-22-21-32(40-36(42)45)41-39(26-11-9-8-10-12-26,27-13-17-29(48-5)18-14-27)28-15-19-30(49-6)20-16-28;1-2-4-5-3-1;2-1(3,4)5/h8-10,13-23,26,35,37-38,48,51H,7,11-12,24-25,27-29H2,1-6H3,(H,44,45,50);8-22,31,33-34,43,46H,7,23-25H2,1-6H3;5H,1-4H2;/p+1/t35-,37+,38-,42?,58?;31-,33+,34-,38?;;/m11../s1. The van der Waals surface area contributed by atoms with Gasteiger partial charge in [0.1, 0.15) is 94.5 Å². The molecule has 8 aromatic rings. The summed E-state index contributed by atoms with van der Waals surface area (Å²) in [4.78, 5) is 61.4. The Balaban J connectivity index is 0.000000251. The number of hydrogen-bond acceptors (Lipinski definition) is 27. The van der Waals surface area contributed by atoms with Crippen molar-refractivity contribution >= 4 is 108 Å². The number of nitrogens with one attached hydrogen (secondary N) is 3. The number of anilines is 2. The molecular weight excluding hydrogens is 1740 g/mol. The number of rotatable bonds is 35. The van der Waals surface area contributed by atoms with Gasteiger partial charge < -0.3 is 64.8 Å². The molecule has 0 spiro atoms. The Labute approximate surface area is 747 Å². The highest BCUT2D eigenvalue weighted by molar-refractivity contribution is 8.14. The highest BCUT2D eigenvalue weighted by Gasteiger charge is 2.56. The van der Waals surface area contributed by atoms with Gasteiger partial charge in [-0.3, -0.25) is 27.8 Å². The molecule has 0 bridgehead atoms. The normalized spacial score (nSPS) is 21.1. The van der Waals surface area contributed by atoms with Crippen molar-refractivity contribution in [3.05, 3.63) is 237 Å². The van der Waals surface area contributed by atoms with E-state index >= 15 is 0 Å². The molecule has 28 nitrogen and oxygen atoms in total. The zero-order valence-corrected chi connectivity index (χ0v) is 77.3. The molecule has 6 heterocycles. The zero-order valence-electron chi connectivity index (χ0n) is 70.9. The summed E-state index contributed by atoms with van der Waals surface area (Å²) < 4.78 is 85.0. The molecular formula is C87H111Cl4N8O20P2S2+. The molecule has 4 aliphatic rings. The first-order valence-electron chi connectivity index (χ1n) is 40.2. The van der Waals surface area contributed by atoms with Crippen molar-refractivity contribution in [1.29, 1.82) is 0 Å². The fourth-order valence-electron chi connectivity index (χ4n) is 14.0.